The fourth-order valence-electron chi connectivity index (χ4n) is 1.45. The number of hydrogen-bond donors (Lipinski definition) is 2. The first-order valence-electron chi connectivity index (χ1n) is 5.62. The lowest BCUT2D eigenvalue weighted by Gasteiger charge is -2.23. The van der Waals surface area contributed by atoms with Crippen molar-refractivity contribution in [1.82, 2.24) is 5.32 Å². The summed E-state index contributed by atoms with van der Waals surface area (Å²) in [5.41, 5.74) is 0.239. The summed E-state index contributed by atoms with van der Waals surface area (Å²) in [7, 11) is 1.59. The average Bonchev–Trinajstić information content (AvgIpc) is 2.31. The lowest BCUT2D eigenvalue weighted by Crippen LogP contribution is -2.46. The number of carbonyl (C=O) groups excluding carboxylic acids is 1. The first-order chi connectivity index (χ1) is 8.38. The van der Waals surface area contributed by atoms with Gasteiger partial charge in [-0.2, -0.15) is 0 Å². The maximum atomic E-state index is 11.9. The van der Waals surface area contributed by atoms with Gasteiger partial charge in [0.1, 0.15) is 5.75 Å². The van der Waals surface area contributed by atoms with Crippen LogP contribution < -0.4 is 10.1 Å². The highest BCUT2D eigenvalue weighted by Crippen LogP contribution is 2.23. The molecule has 18 heavy (non-hydrogen) atoms. The quantitative estimate of drug-likeness (QED) is 0.872. The summed E-state index contributed by atoms with van der Waals surface area (Å²) in [6, 6.07) is 5.48. The van der Waals surface area contributed by atoms with Crippen molar-refractivity contribution in [3.63, 3.8) is 0 Å². The van der Waals surface area contributed by atoms with Crippen molar-refractivity contribution in [1.29, 1.82) is 0 Å². The van der Waals surface area contributed by atoms with Crippen molar-refractivity contribution < 1.29 is 14.6 Å². The number of nitrogens with one attached hydrogen (secondary N) is 1. The van der Waals surface area contributed by atoms with Gasteiger partial charge in [-0.05, 0) is 37.6 Å². The Balaban J connectivity index is 2.75. The largest absolute Gasteiger partial charge is 0.497 e. The van der Waals surface area contributed by atoms with E-state index < -0.39 is 5.54 Å². The van der Waals surface area contributed by atoms with Crippen molar-refractivity contribution in [2.45, 2.75) is 25.8 Å². The highest BCUT2D eigenvalue weighted by Gasteiger charge is 2.19. The van der Waals surface area contributed by atoms with Crippen molar-refractivity contribution in [2.75, 3.05) is 13.7 Å². The van der Waals surface area contributed by atoms with Gasteiger partial charge in [0.2, 0.25) is 5.91 Å². The standard InChI is InChI=1S/C13H18BrNO3/c1-13(2,8-16)15-12(17)7-9-6-10(18-3)4-5-11(9)14/h4-6,16H,7-8H2,1-3H3,(H,15,17). The molecule has 100 valence electrons. The van der Waals surface area contributed by atoms with Crippen LogP contribution in [0.4, 0.5) is 0 Å². The molecule has 2 N–H and O–H groups in total. The Hall–Kier alpha value is -1.07. The Morgan fingerprint density at radius 2 is 2.17 bits per heavy atom. The summed E-state index contributed by atoms with van der Waals surface area (Å²) in [6.45, 7) is 3.44. The highest BCUT2D eigenvalue weighted by molar-refractivity contribution is 9.10. The van der Waals surface area contributed by atoms with Crippen LogP contribution in [0.15, 0.2) is 22.7 Å². The van der Waals surface area contributed by atoms with E-state index in [0.29, 0.717) is 5.75 Å². The number of methoxy groups -OCH3 is 1. The molecule has 0 atom stereocenters. The van der Waals surface area contributed by atoms with E-state index in [9.17, 15) is 4.79 Å². The summed E-state index contributed by atoms with van der Waals surface area (Å²) >= 11 is 3.40. The molecule has 0 saturated carbocycles. The summed E-state index contributed by atoms with van der Waals surface area (Å²) in [4.78, 5) is 11.9. The minimum atomic E-state index is -0.609. The van der Waals surface area contributed by atoms with Crippen LogP contribution in [0.25, 0.3) is 0 Å². The maximum Gasteiger partial charge on any atom is 0.224 e. The number of carbonyl (C=O) groups is 1. The van der Waals surface area contributed by atoms with Gasteiger partial charge in [0.15, 0.2) is 0 Å². The molecule has 0 aliphatic rings. The Kier molecular flexibility index (Phi) is 5.16. The molecule has 0 unspecified atom stereocenters. The van der Waals surface area contributed by atoms with Gasteiger partial charge < -0.3 is 15.2 Å². The van der Waals surface area contributed by atoms with Crippen molar-refractivity contribution >= 4 is 21.8 Å². The first kappa shape index (κ1) is 15.0. The Labute approximate surface area is 115 Å². The molecule has 0 heterocycles. The maximum absolute atomic E-state index is 11.9. The van der Waals surface area contributed by atoms with Gasteiger partial charge in [-0.1, -0.05) is 15.9 Å². The molecule has 4 nitrogen and oxygen atoms in total. The molecule has 0 aliphatic carbocycles. The zero-order valence-corrected chi connectivity index (χ0v) is 12.4. The van der Waals surface area contributed by atoms with Crippen molar-refractivity contribution in [3.05, 3.63) is 28.2 Å². The molecule has 0 fully saturated rings. The van der Waals surface area contributed by atoms with Crippen LogP contribution in [0.5, 0.6) is 5.75 Å². The predicted octanol–water partition coefficient (Wildman–Crippen LogP) is 1.89. The van der Waals surface area contributed by atoms with Crippen molar-refractivity contribution in [2.24, 2.45) is 0 Å². The number of hydrogen-bond acceptors (Lipinski definition) is 3. The fourth-order valence-corrected chi connectivity index (χ4v) is 1.83. The normalized spacial score (nSPS) is 11.2. The van der Waals surface area contributed by atoms with E-state index in [1.165, 1.54) is 0 Å². The molecule has 0 aromatic heterocycles. The van der Waals surface area contributed by atoms with E-state index in [-0.39, 0.29) is 18.9 Å². The zero-order valence-electron chi connectivity index (χ0n) is 10.8. The third-order valence-electron chi connectivity index (χ3n) is 2.48. The van der Waals surface area contributed by atoms with Gasteiger partial charge in [0.25, 0.3) is 0 Å². The van der Waals surface area contributed by atoms with Gasteiger partial charge in [-0.3, -0.25) is 4.79 Å². The summed E-state index contributed by atoms with van der Waals surface area (Å²) < 4.78 is 5.98. The molecule has 1 amide bonds. The molecule has 0 saturated heterocycles. The molecule has 1 aromatic rings. The van der Waals surface area contributed by atoms with E-state index in [1.54, 1.807) is 21.0 Å². The molecule has 0 radical (unpaired) electrons. The van der Waals surface area contributed by atoms with Crippen LogP contribution in [0.3, 0.4) is 0 Å². The number of aliphatic hydroxyl groups excluding tert-OH is 1. The van der Waals surface area contributed by atoms with Crippen LogP contribution >= 0.6 is 15.9 Å². The molecule has 0 spiro atoms. The van der Waals surface area contributed by atoms with Crippen LogP contribution in [-0.2, 0) is 11.2 Å². The van der Waals surface area contributed by atoms with Gasteiger partial charge >= 0.3 is 0 Å². The average molecular weight is 316 g/mol. The fraction of sp³-hybridized carbons (Fsp3) is 0.462. The third kappa shape index (κ3) is 4.31. The zero-order chi connectivity index (χ0) is 13.8. The van der Waals surface area contributed by atoms with Crippen LogP contribution in [-0.4, -0.2) is 30.3 Å². The molecule has 1 rings (SSSR count). The lowest BCUT2D eigenvalue weighted by atomic mass is 10.1. The topological polar surface area (TPSA) is 58.6 Å². The third-order valence-corrected chi connectivity index (χ3v) is 3.25. The van der Waals surface area contributed by atoms with E-state index in [4.69, 9.17) is 9.84 Å². The molecular weight excluding hydrogens is 298 g/mol. The molecular formula is C13H18BrNO3. The number of ether oxygens (including phenoxy) is 1. The van der Waals surface area contributed by atoms with Gasteiger partial charge in [0, 0.05) is 4.47 Å². The van der Waals surface area contributed by atoms with Gasteiger partial charge in [0.05, 0.1) is 25.7 Å². The monoisotopic (exact) mass is 315 g/mol. The van der Waals surface area contributed by atoms with Crippen molar-refractivity contribution in [3.8, 4) is 5.75 Å². The second-order valence-electron chi connectivity index (χ2n) is 4.72. The van der Waals surface area contributed by atoms with Gasteiger partial charge in [-0.15, -0.1) is 0 Å². The molecule has 1 aromatic carbocycles. The summed E-state index contributed by atoms with van der Waals surface area (Å²) in [5.74, 6) is 0.574. The van der Waals surface area contributed by atoms with E-state index in [2.05, 4.69) is 21.2 Å². The predicted molar refractivity (Wildman–Crippen MR) is 73.7 cm³/mol. The Bertz CT molecular complexity index is 432. The van der Waals surface area contributed by atoms with Crippen LogP contribution in [0, 0.1) is 0 Å². The first-order valence-corrected chi connectivity index (χ1v) is 6.41. The number of halogens is 1. The summed E-state index contributed by atoms with van der Waals surface area (Å²) in [6.07, 6.45) is 0.237. The molecule has 5 heteroatoms. The smallest absolute Gasteiger partial charge is 0.224 e. The van der Waals surface area contributed by atoms with Gasteiger partial charge in [-0.25, -0.2) is 0 Å². The minimum absolute atomic E-state index is 0.0992. The minimum Gasteiger partial charge on any atom is -0.497 e. The van der Waals surface area contributed by atoms with Crippen LogP contribution in [0.2, 0.25) is 0 Å². The second-order valence-corrected chi connectivity index (χ2v) is 5.58. The highest BCUT2D eigenvalue weighted by atomic mass is 79.9. The number of amides is 1. The number of rotatable bonds is 5. The number of benzene rings is 1. The van der Waals surface area contributed by atoms with Crippen LogP contribution in [0.1, 0.15) is 19.4 Å². The van der Waals surface area contributed by atoms with E-state index in [1.807, 2.05) is 18.2 Å². The summed E-state index contributed by atoms with van der Waals surface area (Å²) in [5, 5.41) is 11.9. The Morgan fingerprint density at radius 3 is 2.72 bits per heavy atom. The SMILES string of the molecule is COc1ccc(Br)c(CC(=O)NC(C)(C)CO)c1. The lowest BCUT2D eigenvalue weighted by molar-refractivity contribution is -0.122. The second kappa shape index (κ2) is 6.20. The number of aliphatic hydroxyl groups is 1. The van der Waals surface area contributed by atoms with E-state index in [0.717, 1.165) is 10.0 Å². The molecule has 0 aliphatic heterocycles. The van der Waals surface area contributed by atoms with E-state index >= 15 is 0 Å². The Morgan fingerprint density at radius 1 is 1.50 bits per heavy atom. The molecule has 0 bridgehead atoms.